The van der Waals surface area contributed by atoms with Gasteiger partial charge in [0.2, 0.25) is 5.91 Å². The summed E-state index contributed by atoms with van der Waals surface area (Å²) >= 11 is 0. The molecule has 2 saturated heterocycles. The van der Waals surface area contributed by atoms with E-state index in [2.05, 4.69) is 5.32 Å². The molecule has 1 amide bonds. The standard InChI is InChI=1S/C10H18N2O/c13-10(12-7-1-2-8-12)4-3-9-5-6-11-9/h9,11H,1-8H2. The van der Waals surface area contributed by atoms with Crippen LogP contribution in [0.1, 0.15) is 32.1 Å². The summed E-state index contributed by atoms with van der Waals surface area (Å²) in [5.41, 5.74) is 0. The van der Waals surface area contributed by atoms with E-state index in [1.54, 1.807) is 0 Å². The van der Waals surface area contributed by atoms with E-state index in [0.717, 1.165) is 32.5 Å². The van der Waals surface area contributed by atoms with Crippen molar-refractivity contribution in [2.45, 2.75) is 38.1 Å². The Morgan fingerprint density at radius 1 is 1.38 bits per heavy atom. The first-order chi connectivity index (χ1) is 6.36. The third-order valence-corrected chi connectivity index (χ3v) is 3.09. The Kier molecular flexibility index (Phi) is 2.83. The van der Waals surface area contributed by atoms with Gasteiger partial charge in [0.25, 0.3) is 0 Å². The lowest BCUT2D eigenvalue weighted by atomic mass is 10.0. The second-order valence-electron chi connectivity index (χ2n) is 4.07. The van der Waals surface area contributed by atoms with Gasteiger partial charge in [0.1, 0.15) is 0 Å². The van der Waals surface area contributed by atoms with Gasteiger partial charge in [-0.2, -0.15) is 0 Å². The van der Waals surface area contributed by atoms with Gasteiger partial charge < -0.3 is 10.2 Å². The van der Waals surface area contributed by atoms with E-state index in [1.165, 1.54) is 19.3 Å². The second kappa shape index (κ2) is 4.09. The van der Waals surface area contributed by atoms with E-state index in [0.29, 0.717) is 11.9 Å². The molecule has 0 radical (unpaired) electrons. The zero-order chi connectivity index (χ0) is 9.10. The van der Waals surface area contributed by atoms with Crippen molar-refractivity contribution in [1.82, 2.24) is 10.2 Å². The molecular formula is C10H18N2O. The molecule has 1 N–H and O–H groups in total. The van der Waals surface area contributed by atoms with Gasteiger partial charge in [-0.15, -0.1) is 0 Å². The predicted molar refractivity (Wildman–Crippen MR) is 51.5 cm³/mol. The summed E-state index contributed by atoms with van der Waals surface area (Å²) in [6, 6.07) is 0.631. The Bertz CT molecular complexity index is 183. The summed E-state index contributed by atoms with van der Waals surface area (Å²) in [7, 11) is 0. The van der Waals surface area contributed by atoms with E-state index < -0.39 is 0 Å². The zero-order valence-corrected chi connectivity index (χ0v) is 8.09. The first-order valence-corrected chi connectivity index (χ1v) is 5.37. The van der Waals surface area contributed by atoms with Crippen molar-refractivity contribution in [3.8, 4) is 0 Å². The molecule has 2 aliphatic heterocycles. The fourth-order valence-electron chi connectivity index (χ4n) is 2.02. The molecule has 1 unspecified atom stereocenters. The summed E-state index contributed by atoms with van der Waals surface area (Å²) in [5, 5.41) is 3.32. The van der Waals surface area contributed by atoms with Crippen molar-refractivity contribution in [2.24, 2.45) is 0 Å². The molecule has 0 aromatic rings. The molecule has 2 aliphatic rings. The summed E-state index contributed by atoms with van der Waals surface area (Å²) in [4.78, 5) is 13.6. The summed E-state index contributed by atoms with van der Waals surface area (Å²) in [6.07, 6.45) is 5.45. The van der Waals surface area contributed by atoms with Gasteiger partial charge in [0.15, 0.2) is 0 Å². The average Bonchev–Trinajstić information content (AvgIpc) is 2.52. The number of carbonyl (C=O) groups excluding carboxylic acids is 1. The Labute approximate surface area is 79.5 Å². The molecule has 0 aliphatic carbocycles. The topological polar surface area (TPSA) is 32.3 Å². The number of likely N-dealkylation sites (tertiary alicyclic amines) is 1. The normalized spacial score (nSPS) is 27.4. The minimum absolute atomic E-state index is 0.367. The highest BCUT2D eigenvalue weighted by molar-refractivity contribution is 5.76. The lowest BCUT2D eigenvalue weighted by molar-refractivity contribution is -0.130. The first-order valence-electron chi connectivity index (χ1n) is 5.37. The lowest BCUT2D eigenvalue weighted by Gasteiger charge is -2.28. The Balaban J connectivity index is 1.65. The van der Waals surface area contributed by atoms with Gasteiger partial charge in [0, 0.05) is 25.6 Å². The number of hydrogen-bond acceptors (Lipinski definition) is 2. The monoisotopic (exact) mass is 182 g/mol. The summed E-state index contributed by atoms with van der Waals surface area (Å²) in [6.45, 7) is 3.14. The minimum Gasteiger partial charge on any atom is -0.343 e. The molecule has 3 heteroatoms. The number of amides is 1. The van der Waals surface area contributed by atoms with Crippen LogP contribution in [0.4, 0.5) is 0 Å². The van der Waals surface area contributed by atoms with Crippen molar-refractivity contribution in [2.75, 3.05) is 19.6 Å². The molecule has 2 fully saturated rings. The van der Waals surface area contributed by atoms with Crippen LogP contribution in [0.2, 0.25) is 0 Å². The summed E-state index contributed by atoms with van der Waals surface area (Å²) in [5.74, 6) is 0.367. The van der Waals surface area contributed by atoms with Gasteiger partial charge in [-0.1, -0.05) is 0 Å². The number of nitrogens with zero attached hydrogens (tertiary/aromatic N) is 1. The van der Waals surface area contributed by atoms with Crippen LogP contribution in [0.5, 0.6) is 0 Å². The highest BCUT2D eigenvalue weighted by atomic mass is 16.2. The molecule has 0 aromatic carbocycles. The van der Waals surface area contributed by atoms with Crippen molar-refractivity contribution >= 4 is 5.91 Å². The molecular weight excluding hydrogens is 164 g/mol. The quantitative estimate of drug-likeness (QED) is 0.698. The van der Waals surface area contributed by atoms with Crippen LogP contribution in [-0.2, 0) is 4.79 Å². The molecule has 3 nitrogen and oxygen atoms in total. The Hall–Kier alpha value is -0.570. The third kappa shape index (κ3) is 2.21. The fourth-order valence-corrected chi connectivity index (χ4v) is 2.02. The molecule has 0 spiro atoms. The summed E-state index contributed by atoms with van der Waals surface area (Å²) < 4.78 is 0. The number of nitrogens with one attached hydrogen (secondary N) is 1. The predicted octanol–water partition coefficient (Wildman–Crippen LogP) is 0.751. The maximum absolute atomic E-state index is 11.6. The first kappa shape index (κ1) is 9.00. The van der Waals surface area contributed by atoms with Gasteiger partial charge in [-0.25, -0.2) is 0 Å². The largest absolute Gasteiger partial charge is 0.343 e. The Morgan fingerprint density at radius 2 is 2.08 bits per heavy atom. The van der Waals surface area contributed by atoms with Crippen molar-refractivity contribution < 1.29 is 4.79 Å². The van der Waals surface area contributed by atoms with Crippen molar-refractivity contribution in [1.29, 1.82) is 0 Å². The highest BCUT2D eigenvalue weighted by Gasteiger charge is 2.21. The smallest absolute Gasteiger partial charge is 0.222 e. The highest BCUT2D eigenvalue weighted by Crippen LogP contribution is 2.13. The molecule has 2 heterocycles. The van der Waals surface area contributed by atoms with Gasteiger partial charge in [0.05, 0.1) is 0 Å². The molecule has 1 atom stereocenters. The number of rotatable bonds is 3. The van der Waals surface area contributed by atoms with Crippen LogP contribution in [0.15, 0.2) is 0 Å². The second-order valence-corrected chi connectivity index (χ2v) is 4.07. The SMILES string of the molecule is O=C(CCC1CCN1)N1CCCC1. The van der Waals surface area contributed by atoms with E-state index in [4.69, 9.17) is 0 Å². The molecule has 2 rings (SSSR count). The van der Waals surface area contributed by atoms with Crippen molar-refractivity contribution in [3.63, 3.8) is 0 Å². The zero-order valence-electron chi connectivity index (χ0n) is 8.09. The average molecular weight is 182 g/mol. The molecule has 13 heavy (non-hydrogen) atoms. The van der Waals surface area contributed by atoms with Crippen LogP contribution in [0.25, 0.3) is 0 Å². The van der Waals surface area contributed by atoms with Crippen LogP contribution >= 0.6 is 0 Å². The number of hydrogen-bond donors (Lipinski definition) is 1. The minimum atomic E-state index is 0.367. The lowest BCUT2D eigenvalue weighted by Crippen LogP contribution is -2.43. The fraction of sp³-hybridized carbons (Fsp3) is 0.900. The maximum Gasteiger partial charge on any atom is 0.222 e. The van der Waals surface area contributed by atoms with Gasteiger partial charge in [-0.3, -0.25) is 4.79 Å². The molecule has 0 aromatic heterocycles. The van der Waals surface area contributed by atoms with Gasteiger partial charge in [-0.05, 0) is 32.2 Å². The van der Waals surface area contributed by atoms with E-state index in [-0.39, 0.29) is 0 Å². The van der Waals surface area contributed by atoms with Gasteiger partial charge >= 0.3 is 0 Å². The van der Waals surface area contributed by atoms with Crippen molar-refractivity contribution in [3.05, 3.63) is 0 Å². The van der Waals surface area contributed by atoms with Crippen LogP contribution < -0.4 is 5.32 Å². The van der Waals surface area contributed by atoms with Crippen LogP contribution in [0, 0.1) is 0 Å². The third-order valence-electron chi connectivity index (χ3n) is 3.09. The van der Waals surface area contributed by atoms with Crippen LogP contribution in [0.3, 0.4) is 0 Å². The molecule has 74 valence electrons. The van der Waals surface area contributed by atoms with E-state index >= 15 is 0 Å². The van der Waals surface area contributed by atoms with Crippen LogP contribution in [-0.4, -0.2) is 36.5 Å². The maximum atomic E-state index is 11.6. The molecule has 0 bridgehead atoms. The molecule has 0 saturated carbocycles. The van der Waals surface area contributed by atoms with E-state index in [9.17, 15) is 4.79 Å². The Morgan fingerprint density at radius 3 is 2.62 bits per heavy atom. The van der Waals surface area contributed by atoms with E-state index in [1.807, 2.05) is 4.90 Å². The number of carbonyl (C=O) groups is 1.